The molecule has 0 aliphatic carbocycles. The molecule has 0 N–H and O–H groups in total. The zero-order valence-electron chi connectivity index (χ0n) is 7.79. The summed E-state index contributed by atoms with van der Waals surface area (Å²) < 4.78 is 14.9. The molecule has 0 rings (SSSR count). The molecule has 0 aromatic rings. The quantitative estimate of drug-likeness (QED) is 0.635. The molecule has 0 fully saturated rings. The Bertz CT molecular complexity index is 116. The maximum Gasteiger partial charge on any atom is 0.528 e. The molecule has 0 saturated carbocycles. The van der Waals surface area contributed by atoms with Gasteiger partial charge in [-0.25, -0.2) is 0 Å². The van der Waals surface area contributed by atoms with Crippen molar-refractivity contribution in [2.24, 2.45) is 0 Å². The second-order valence-electron chi connectivity index (χ2n) is 1.62. The smallest absolute Gasteiger partial charge is 0.374 e. The van der Waals surface area contributed by atoms with E-state index in [9.17, 15) is 0 Å². The molecule has 0 saturated heterocycles. The summed E-state index contributed by atoms with van der Waals surface area (Å²) in [7, 11) is 5.15. The number of hydrogen-bond donors (Lipinski definition) is 0. The topological polar surface area (TPSA) is 27.7 Å². The molecule has 0 aromatic heterocycles. The summed E-state index contributed by atoms with van der Waals surface area (Å²) in [6, 6.07) is 0. The standard InChI is InChI=1S/C5H12O3Si.C2H3Si/c1-5-9(6-2,7-3)8-4;1-2-3/h5H,1H2,2-4H3;2H,1H2. The molecule has 0 heterocycles. The lowest BCUT2D eigenvalue weighted by molar-refractivity contribution is 0.138. The summed E-state index contributed by atoms with van der Waals surface area (Å²) in [5, 5.41) is 0. The Hall–Kier alpha value is -0.206. The van der Waals surface area contributed by atoms with Crippen LogP contribution in [0, 0.1) is 0 Å². The Morgan fingerprint density at radius 2 is 1.33 bits per heavy atom. The Kier molecular flexibility index (Phi) is 10.6. The van der Waals surface area contributed by atoms with Crippen LogP contribution < -0.4 is 0 Å². The van der Waals surface area contributed by atoms with Gasteiger partial charge in [0.1, 0.15) is 0 Å². The molecule has 69 valence electrons. The first-order valence-electron chi connectivity index (χ1n) is 3.23. The van der Waals surface area contributed by atoms with Crippen molar-refractivity contribution in [1.82, 2.24) is 0 Å². The predicted octanol–water partition coefficient (Wildman–Crippen LogP) is 0.888. The molecule has 0 aliphatic heterocycles. The van der Waals surface area contributed by atoms with Gasteiger partial charge in [0, 0.05) is 21.3 Å². The Morgan fingerprint density at radius 1 is 1.08 bits per heavy atom. The van der Waals surface area contributed by atoms with Crippen molar-refractivity contribution in [3.63, 3.8) is 0 Å². The van der Waals surface area contributed by atoms with Gasteiger partial charge in [0.15, 0.2) is 0 Å². The van der Waals surface area contributed by atoms with Gasteiger partial charge in [-0.2, -0.15) is 0 Å². The van der Waals surface area contributed by atoms with Gasteiger partial charge >= 0.3 is 8.80 Å². The van der Waals surface area contributed by atoms with Gasteiger partial charge < -0.3 is 13.3 Å². The lowest BCUT2D eigenvalue weighted by Gasteiger charge is -2.19. The SMILES string of the molecule is C=C[Si].C=C[Si](OC)(OC)OC. The maximum absolute atomic E-state index is 4.96. The van der Waals surface area contributed by atoms with Crippen molar-refractivity contribution in [2.75, 3.05) is 21.3 Å². The molecule has 0 spiro atoms. The lowest BCUT2D eigenvalue weighted by Crippen LogP contribution is -2.40. The normalized spacial score (nSPS) is 9.67. The Morgan fingerprint density at radius 3 is 1.33 bits per heavy atom. The molecule has 0 aliphatic rings. The van der Waals surface area contributed by atoms with E-state index in [1.807, 2.05) is 0 Å². The van der Waals surface area contributed by atoms with Gasteiger partial charge in [-0.15, -0.1) is 12.3 Å². The molecule has 0 atom stereocenters. The van der Waals surface area contributed by atoms with Crippen molar-refractivity contribution in [3.8, 4) is 0 Å². The highest BCUT2D eigenvalue weighted by Crippen LogP contribution is 2.04. The van der Waals surface area contributed by atoms with Crippen LogP contribution in [0.3, 0.4) is 0 Å². The van der Waals surface area contributed by atoms with Gasteiger partial charge in [-0.1, -0.05) is 6.58 Å². The highest BCUT2D eigenvalue weighted by atomic mass is 28.4. The van der Waals surface area contributed by atoms with Crippen molar-refractivity contribution >= 4 is 19.0 Å². The van der Waals surface area contributed by atoms with E-state index in [1.54, 1.807) is 32.7 Å². The summed E-state index contributed by atoms with van der Waals surface area (Å²) in [4.78, 5) is 0. The third-order valence-corrected chi connectivity index (χ3v) is 3.31. The fourth-order valence-corrected chi connectivity index (χ4v) is 1.50. The Balaban J connectivity index is 0. The van der Waals surface area contributed by atoms with Crippen molar-refractivity contribution in [3.05, 3.63) is 24.6 Å². The summed E-state index contributed by atoms with van der Waals surface area (Å²) >= 11 is 0. The fourth-order valence-electron chi connectivity index (χ4n) is 0.500. The van der Waals surface area contributed by atoms with E-state index < -0.39 is 8.80 Å². The molecule has 3 nitrogen and oxygen atoms in total. The first kappa shape index (κ1) is 14.3. The monoisotopic (exact) mass is 203 g/mol. The van der Waals surface area contributed by atoms with Crippen LogP contribution >= 0.6 is 0 Å². The third kappa shape index (κ3) is 5.44. The fraction of sp³-hybridized carbons (Fsp3) is 0.429. The van der Waals surface area contributed by atoms with Gasteiger partial charge in [-0.3, -0.25) is 0 Å². The minimum atomic E-state index is -2.43. The summed E-state index contributed by atoms with van der Waals surface area (Å²) in [5.74, 6) is 0. The highest BCUT2D eigenvalue weighted by Gasteiger charge is 2.33. The third-order valence-electron chi connectivity index (χ3n) is 1.10. The zero-order valence-corrected chi connectivity index (χ0v) is 9.79. The van der Waals surface area contributed by atoms with Crippen LogP contribution in [0.5, 0.6) is 0 Å². The van der Waals surface area contributed by atoms with Crippen molar-refractivity contribution < 1.29 is 13.3 Å². The van der Waals surface area contributed by atoms with E-state index in [0.29, 0.717) is 0 Å². The van der Waals surface area contributed by atoms with Crippen LogP contribution in [0.2, 0.25) is 0 Å². The maximum atomic E-state index is 4.96. The first-order chi connectivity index (χ1) is 5.66. The summed E-state index contributed by atoms with van der Waals surface area (Å²) in [5.41, 5.74) is 3.13. The predicted molar refractivity (Wildman–Crippen MR) is 52.9 cm³/mol. The van der Waals surface area contributed by atoms with E-state index in [1.165, 1.54) is 0 Å². The molecule has 0 amide bonds. The van der Waals surface area contributed by atoms with Crippen LogP contribution in [0.1, 0.15) is 0 Å². The molecule has 5 heteroatoms. The largest absolute Gasteiger partial charge is 0.528 e. The summed E-state index contributed by atoms with van der Waals surface area (Å²) in [6.07, 6.45) is 0. The second kappa shape index (κ2) is 8.89. The Labute approximate surface area is 78.8 Å². The lowest BCUT2D eigenvalue weighted by atomic mass is 11.3. The molecule has 0 bridgehead atoms. The van der Waals surface area contributed by atoms with Crippen LogP contribution in [0.15, 0.2) is 24.6 Å². The highest BCUT2D eigenvalue weighted by molar-refractivity contribution is 6.66. The summed E-state index contributed by atoms with van der Waals surface area (Å²) in [6.45, 7) is 6.81. The van der Waals surface area contributed by atoms with Crippen LogP contribution in [0.4, 0.5) is 0 Å². The number of rotatable bonds is 4. The zero-order chi connectivity index (χ0) is 10.0. The minimum Gasteiger partial charge on any atom is -0.374 e. The van der Waals surface area contributed by atoms with Crippen molar-refractivity contribution in [2.45, 2.75) is 0 Å². The molecule has 0 aromatic carbocycles. The molecule has 12 heavy (non-hydrogen) atoms. The van der Waals surface area contributed by atoms with E-state index >= 15 is 0 Å². The minimum absolute atomic E-state index is 1.54. The van der Waals surface area contributed by atoms with E-state index in [-0.39, 0.29) is 0 Å². The van der Waals surface area contributed by atoms with Crippen LogP contribution in [-0.2, 0) is 13.3 Å². The van der Waals surface area contributed by atoms with Crippen LogP contribution in [-0.4, -0.2) is 40.4 Å². The van der Waals surface area contributed by atoms with Gasteiger partial charge in [-0.05, 0) is 5.70 Å². The molecular formula is C7H15O3Si2. The second-order valence-corrected chi connectivity index (χ2v) is 4.87. The molecular weight excluding hydrogens is 188 g/mol. The van der Waals surface area contributed by atoms with E-state index in [2.05, 4.69) is 23.4 Å². The van der Waals surface area contributed by atoms with Gasteiger partial charge in [0.25, 0.3) is 0 Å². The van der Waals surface area contributed by atoms with Crippen LogP contribution in [0.25, 0.3) is 0 Å². The van der Waals surface area contributed by atoms with E-state index in [4.69, 9.17) is 13.3 Å². The van der Waals surface area contributed by atoms with Gasteiger partial charge in [0.2, 0.25) is 0 Å². The first-order valence-corrected chi connectivity index (χ1v) is 5.61. The number of hydrogen-bond acceptors (Lipinski definition) is 3. The molecule has 0 unspecified atom stereocenters. The average molecular weight is 203 g/mol. The van der Waals surface area contributed by atoms with Gasteiger partial charge in [0.05, 0.1) is 10.2 Å². The van der Waals surface area contributed by atoms with E-state index in [0.717, 1.165) is 0 Å². The van der Waals surface area contributed by atoms with Crippen molar-refractivity contribution in [1.29, 1.82) is 0 Å². The average Bonchev–Trinajstić information content (AvgIpc) is 2.11. The molecule has 3 radical (unpaired) electrons.